The lowest BCUT2D eigenvalue weighted by Gasteiger charge is -2.19. The van der Waals surface area contributed by atoms with Crippen LogP contribution in [0.2, 0.25) is 0 Å². The van der Waals surface area contributed by atoms with Crippen molar-refractivity contribution < 1.29 is 0 Å². The summed E-state index contributed by atoms with van der Waals surface area (Å²) in [5, 5.41) is 1.02. The second-order valence-corrected chi connectivity index (χ2v) is 3.38. The van der Waals surface area contributed by atoms with E-state index in [1.807, 2.05) is 38.6 Å². The molecule has 1 aromatic rings. The molecule has 2 nitrogen and oxygen atoms in total. The van der Waals surface area contributed by atoms with Gasteiger partial charge in [0.05, 0.1) is 0 Å². The molecule has 0 aliphatic carbocycles. The second-order valence-electron chi connectivity index (χ2n) is 2.60. The predicted octanol–water partition coefficient (Wildman–Crippen LogP) is 2.47. The standard InChI is InChI=1S/C10H14N2S/c1-11-10(13-3)12(2)9-7-5-4-6-8-9/h4-8H,1-3H3/b11-10-. The third-order valence-electron chi connectivity index (χ3n) is 1.80. The van der Waals surface area contributed by atoms with Crippen molar-refractivity contribution >= 4 is 22.6 Å². The summed E-state index contributed by atoms with van der Waals surface area (Å²) in [5.74, 6) is 0. The SMILES string of the molecule is C/N=C(\SC)N(C)c1ccccc1. The number of hydrogen-bond acceptors (Lipinski definition) is 2. The minimum atomic E-state index is 1.02. The van der Waals surface area contributed by atoms with E-state index < -0.39 is 0 Å². The molecule has 0 N–H and O–H groups in total. The van der Waals surface area contributed by atoms with Crippen molar-refractivity contribution in [3.8, 4) is 0 Å². The Kier molecular flexibility index (Phi) is 3.83. The van der Waals surface area contributed by atoms with E-state index in [1.54, 1.807) is 11.8 Å². The number of hydrogen-bond donors (Lipinski definition) is 0. The van der Waals surface area contributed by atoms with Crippen LogP contribution >= 0.6 is 11.8 Å². The van der Waals surface area contributed by atoms with Crippen LogP contribution in [0.25, 0.3) is 0 Å². The lowest BCUT2D eigenvalue weighted by molar-refractivity contribution is 1.26. The molecule has 0 aromatic heterocycles. The molecule has 70 valence electrons. The van der Waals surface area contributed by atoms with Crippen molar-refractivity contribution in [2.75, 3.05) is 25.3 Å². The Hall–Kier alpha value is -0.960. The van der Waals surface area contributed by atoms with Crippen molar-refractivity contribution in [2.45, 2.75) is 0 Å². The molecule has 0 bridgehead atoms. The predicted molar refractivity (Wildman–Crippen MR) is 61.7 cm³/mol. The first-order valence-electron chi connectivity index (χ1n) is 4.09. The molecule has 0 fully saturated rings. The highest BCUT2D eigenvalue weighted by Crippen LogP contribution is 2.15. The molecule has 3 heteroatoms. The minimum absolute atomic E-state index is 1.02. The normalized spacial score (nSPS) is 11.5. The molecule has 0 spiro atoms. The van der Waals surface area contributed by atoms with Gasteiger partial charge < -0.3 is 4.90 Å². The van der Waals surface area contributed by atoms with Crippen LogP contribution in [-0.4, -0.2) is 25.5 Å². The average molecular weight is 194 g/mol. The molecule has 0 saturated carbocycles. The minimum Gasteiger partial charge on any atom is -0.324 e. The van der Waals surface area contributed by atoms with Crippen molar-refractivity contribution in [1.29, 1.82) is 0 Å². The van der Waals surface area contributed by atoms with E-state index in [1.165, 1.54) is 0 Å². The molecule has 13 heavy (non-hydrogen) atoms. The molecule has 0 saturated heterocycles. The molecule has 0 radical (unpaired) electrons. The Morgan fingerprint density at radius 1 is 1.31 bits per heavy atom. The van der Waals surface area contributed by atoms with Gasteiger partial charge in [0.25, 0.3) is 0 Å². The number of rotatable bonds is 1. The highest BCUT2D eigenvalue weighted by atomic mass is 32.2. The Morgan fingerprint density at radius 3 is 2.38 bits per heavy atom. The summed E-state index contributed by atoms with van der Waals surface area (Å²) in [7, 11) is 3.83. The Morgan fingerprint density at radius 2 is 1.92 bits per heavy atom. The highest BCUT2D eigenvalue weighted by molar-refractivity contribution is 8.13. The zero-order valence-electron chi connectivity index (χ0n) is 8.19. The van der Waals surface area contributed by atoms with Gasteiger partial charge in [0.2, 0.25) is 0 Å². The third-order valence-corrected chi connectivity index (χ3v) is 2.63. The van der Waals surface area contributed by atoms with Crippen LogP contribution in [0.15, 0.2) is 35.3 Å². The van der Waals surface area contributed by atoms with Crippen molar-refractivity contribution in [2.24, 2.45) is 4.99 Å². The van der Waals surface area contributed by atoms with E-state index in [4.69, 9.17) is 0 Å². The summed E-state index contributed by atoms with van der Waals surface area (Å²) in [6, 6.07) is 10.2. The van der Waals surface area contributed by atoms with Gasteiger partial charge in [-0.3, -0.25) is 4.99 Å². The van der Waals surface area contributed by atoms with E-state index in [0.717, 1.165) is 10.9 Å². The quantitative estimate of drug-likeness (QED) is 0.504. The number of benzene rings is 1. The molecule has 1 rings (SSSR count). The molecule has 1 aromatic carbocycles. The van der Waals surface area contributed by atoms with Gasteiger partial charge in [-0.1, -0.05) is 30.0 Å². The van der Waals surface area contributed by atoms with Crippen molar-refractivity contribution in [1.82, 2.24) is 0 Å². The van der Waals surface area contributed by atoms with E-state index in [0.29, 0.717) is 0 Å². The lowest BCUT2D eigenvalue weighted by atomic mass is 10.3. The molecule has 0 heterocycles. The molecule has 0 atom stereocenters. The molecule has 0 unspecified atom stereocenters. The molecule has 0 amide bonds. The summed E-state index contributed by atoms with van der Waals surface area (Å²) in [6.45, 7) is 0. The number of thioether (sulfide) groups is 1. The van der Waals surface area contributed by atoms with Gasteiger partial charge in [0, 0.05) is 19.8 Å². The Bertz CT molecular complexity index is 282. The van der Waals surface area contributed by atoms with Crippen LogP contribution in [-0.2, 0) is 0 Å². The van der Waals surface area contributed by atoms with Crippen molar-refractivity contribution in [3.05, 3.63) is 30.3 Å². The van der Waals surface area contributed by atoms with Crippen LogP contribution in [0.3, 0.4) is 0 Å². The fourth-order valence-electron chi connectivity index (χ4n) is 1.14. The van der Waals surface area contributed by atoms with Crippen LogP contribution in [0.4, 0.5) is 5.69 Å². The topological polar surface area (TPSA) is 15.6 Å². The maximum atomic E-state index is 4.19. The third kappa shape index (κ3) is 2.49. The number of nitrogens with zero attached hydrogens (tertiary/aromatic N) is 2. The summed E-state index contributed by atoms with van der Waals surface area (Å²) in [5.41, 5.74) is 1.16. The summed E-state index contributed by atoms with van der Waals surface area (Å²) in [6.07, 6.45) is 2.03. The number of para-hydroxylation sites is 1. The largest absolute Gasteiger partial charge is 0.324 e. The van der Waals surface area contributed by atoms with Gasteiger partial charge in [-0.15, -0.1) is 0 Å². The summed E-state index contributed by atoms with van der Waals surface area (Å²) in [4.78, 5) is 6.26. The first-order valence-corrected chi connectivity index (χ1v) is 5.31. The zero-order chi connectivity index (χ0) is 9.68. The van der Waals surface area contributed by atoms with Crippen molar-refractivity contribution in [3.63, 3.8) is 0 Å². The monoisotopic (exact) mass is 194 g/mol. The van der Waals surface area contributed by atoms with Crippen LogP contribution in [0, 0.1) is 0 Å². The van der Waals surface area contributed by atoms with Gasteiger partial charge in [-0.25, -0.2) is 0 Å². The Balaban J connectivity index is 2.85. The molecule has 0 aliphatic rings. The fourth-order valence-corrected chi connectivity index (χ4v) is 1.70. The summed E-state index contributed by atoms with van der Waals surface area (Å²) < 4.78 is 0. The first kappa shape index (κ1) is 10.1. The smallest absolute Gasteiger partial charge is 0.162 e. The van der Waals surface area contributed by atoms with Gasteiger partial charge >= 0.3 is 0 Å². The van der Waals surface area contributed by atoms with Gasteiger partial charge in [0.1, 0.15) is 0 Å². The van der Waals surface area contributed by atoms with E-state index in [2.05, 4.69) is 22.0 Å². The number of amidine groups is 1. The fraction of sp³-hybridized carbons (Fsp3) is 0.300. The van der Waals surface area contributed by atoms with E-state index in [9.17, 15) is 0 Å². The molecular formula is C10H14N2S. The number of aliphatic imine (C=N–C) groups is 1. The van der Waals surface area contributed by atoms with Crippen LogP contribution in [0.1, 0.15) is 0 Å². The van der Waals surface area contributed by atoms with E-state index in [-0.39, 0.29) is 0 Å². The first-order chi connectivity index (χ1) is 6.29. The van der Waals surface area contributed by atoms with Gasteiger partial charge in [-0.05, 0) is 18.4 Å². The van der Waals surface area contributed by atoms with Crippen LogP contribution in [0.5, 0.6) is 0 Å². The maximum Gasteiger partial charge on any atom is 0.162 e. The zero-order valence-corrected chi connectivity index (χ0v) is 9.01. The Labute approximate surface area is 83.7 Å². The van der Waals surface area contributed by atoms with Gasteiger partial charge in [-0.2, -0.15) is 0 Å². The van der Waals surface area contributed by atoms with Crippen LogP contribution < -0.4 is 4.90 Å². The average Bonchev–Trinajstić information content (AvgIpc) is 2.21. The lowest BCUT2D eigenvalue weighted by Crippen LogP contribution is -2.22. The highest BCUT2D eigenvalue weighted by Gasteiger charge is 2.04. The second kappa shape index (κ2) is 4.92. The number of anilines is 1. The maximum absolute atomic E-state index is 4.19. The molecular weight excluding hydrogens is 180 g/mol. The van der Waals surface area contributed by atoms with E-state index >= 15 is 0 Å². The summed E-state index contributed by atoms with van der Waals surface area (Å²) >= 11 is 1.65. The van der Waals surface area contributed by atoms with Gasteiger partial charge in [0.15, 0.2) is 5.17 Å². The molecule has 0 aliphatic heterocycles.